The zero-order valence-corrected chi connectivity index (χ0v) is 14.6. The van der Waals surface area contributed by atoms with Crippen molar-refractivity contribution in [3.8, 4) is 11.5 Å². The van der Waals surface area contributed by atoms with Crippen LogP contribution in [0.3, 0.4) is 0 Å². The maximum atomic E-state index is 13.1. The molecular weight excluding hydrogens is 333 g/mol. The van der Waals surface area contributed by atoms with E-state index in [-0.39, 0.29) is 11.5 Å². The van der Waals surface area contributed by atoms with E-state index in [2.05, 4.69) is 4.72 Å². The van der Waals surface area contributed by atoms with Crippen molar-refractivity contribution in [3.05, 3.63) is 53.8 Å². The highest BCUT2D eigenvalue weighted by atomic mass is 32.2. The van der Waals surface area contributed by atoms with E-state index in [9.17, 15) is 12.8 Å². The van der Waals surface area contributed by atoms with Crippen LogP contribution in [0.5, 0.6) is 11.5 Å². The largest absolute Gasteiger partial charge is 0.493 e. The summed E-state index contributed by atoms with van der Waals surface area (Å²) in [5.41, 5.74) is 0.348. The Labute approximate surface area is 141 Å². The summed E-state index contributed by atoms with van der Waals surface area (Å²) in [4.78, 5) is 0.0491. The number of ether oxygens (including phenoxy) is 2. The topological polar surface area (TPSA) is 64.6 Å². The second-order valence-electron chi connectivity index (χ2n) is 5.39. The van der Waals surface area contributed by atoms with Gasteiger partial charge >= 0.3 is 0 Å². The fourth-order valence-electron chi connectivity index (χ4n) is 2.23. The van der Waals surface area contributed by atoms with Crippen LogP contribution in [0.4, 0.5) is 4.39 Å². The van der Waals surface area contributed by atoms with E-state index >= 15 is 0 Å². The Morgan fingerprint density at radius 2 is 1.83 bits per heavy atom. The van der Waals surface area contributed by atoms with E-state index in [1.54, 1.807) is 32.0 Å². The molecule has 130 valence electrons. The first-order valence-electron chi connectivity index (χ1n) is 7.38. The second kappa shape index (κ2) is 7.63. The number of benzene rings is 2. The fraction of sp³-hybridized carbons (Fsp3) is 0.294. The first kappa shape index (κ1) is 18.2. The summed E-state index contributed by atoms with van der Waals surface area (Å²) >= 11 is 0. The number of rotatable bonds is 7. The van der Waals surface area contributed by atoms with Crippen molar-refractivity contribution in [1.82, 2.24) is 4.72 Å². The van der Waals surface area contributed by atoms with E-state index in [1.807, 2.05) is 6.07 Å². The molecule has 2 aromatic rings. The number of hydrogen-bond donors (Lipinski definition) is 1. The smallest absolute Gasteiger partial charge is 0.241 e. The van der Waals surface area contributed by atoms with Gasteiger partial charge in [-0.05, 0) is 49.7 Å². The average Bonchev–Trinajstić information content (AvgIpc) is 2.52. The summed E-state index contributed by atoms with van der Waals surface area (Å²) in [6, 6.07) is 10.2. The molecule has 0 spiro atoms. The monoisotopic (exact) mass is 353 g/mol. The standard InChI is InChI=1S/C17H20FNO4S/c1-12-10-14(18)8-9-17(12)24(20,21)19-13(2)11-23-16-7-5-4-6-15(16)22-3/h4-10,13,19H,11H2,1-3H3/t13-/m1/s1. The van der Waals surface area contributed by atoms with Crippen LogP contribution >= 0.6 is 0 Å². The number of sulfonamides is 1. The van der Waals surface area contributed by atoms with Gasteiger partial charge in [0.2, 0.25) is 10.0 Å². The Balaban J connectivity index is 2.04. The van der Waals surface area contributed by atoms with Gasteiger partial charge in [0.1, 0.15) is 12.4 Å². The molecule has 0 unspecified atom stereocenters. The average molecular weight is 353 g/mol. The molecule has 0 aliphatic rings. The molecular formula is C17H20FNO4S. The van der Waals surface area contributed by atoms with E-state index in [0.717, 1.165) is 6.07 Å². The number of hydrogen-bond acceptors (Lipinski definition) is 4. The molecule has 0 aromatic heterocycles. The van der Waals surface area contributed by atoms with Gasteiger partial charge in [0.05, 0.1) is 18.0 Å². The molecule has 0 saturated carbocycles. The highest BCUT2D eigenvalue weighted by Gasteiger charge is 2.20. The third-order valence-electron chi connectivity index (χ3n) is 3.34. The van der Waals surface area contributed by atoms with Crippen LogP contribution in [0.25, 0.3) is 0 Å². The molecule has 2 aromatic carbocycles. The van der Waals surface area contributed by atoms with Gasteiger partial charge in [-0.3, -0.25) is 0 Å². The zero-order valence-electron chi connectivity index (χ0n) is 13.7. The quantitative estimate of drug-likeness (QED) is 0.831. The van der Waals surface area contributed by atoms with Gasteiger partial charge in [-0.1, -0.05) is 12.1 Å². The molecule has 2 rings (SSSR count). The van der Waals surface area contributed by atoms with Crippen LogP contribution in [0.15, 0.2) is 47.4 Å². The van der Waals surface area contributed by atoms with Crippen molar-refractivity contribution in [1.29, 1.82) is 0 Å². The summed E-state index contributed by atoms with van der Waals surface area (Å²) in [6.45, 7) is 3.36. The Bertz CT molecular complexity index is 808. The molecule has 1 N–H and O–H groups in total. The lowest BCUT2D eigenvalue weighted by molar-refractivity contribution is 0.271. The Morgan fingerprint density at radius 1 is 1.17 bits per heavy atom. The van der Waals surface area contributed by atoms with Crippen molar-refractivity contribution in [2.24, 2.45) is 0 Å². The molecule has 0 radical (unpaired) electrons. The van der Waals surface area contributed by atoms with Crippen molar-refractivity contribution in [2.45, 2.75) is 24.8 Å². The molecule has 5 nitrogen and oxygen atoms in total. The third kappa shape index (κ3) is 4.46. The lowest BCUT2D eigenvalue weighted by Gasteiger charge is -2.17. The first-order chi connectivity index (χ1) is 11.3. The van der Waals surface area contributed by atoms with E-state index < -0.39 is 21.9 Å². The van der Waals surface area contributed by atoms with Gasteiger partial charge in [-0.2, -0.15) is 0 Å². The van der Waals surface area contributed by atoms with Gasteiger partial charge in [0.25, 0.3) is 0 Å². The minimum atomic E-state index is -3.75. The van der Waals surface area contributed by atoms with Gasteiger partial charge in [0, 0.05) is 0 Å². The highest BCUT2D eigenvalue weighted by Crippen LogP contribution is 2.26. The van der Waals surface area contributed by atoms with Crippen molar-refractivity contribution in [3.63, 3.8) is 0 Å². The van der Waals surface area contributed by atoms with Crippen LogP contribution in [0.1, 0.15) is 12.5 Å². The maximum absolute atomic E-state index is 13.1. The predicted octanol–water partition coefficient (Wildman–Crippen LogP) is 2.89. The summed E-state index contributed by atoms with van der Waals surface area (Å²) in [6.07, 6.45) is 0. The zero-order chi connectivity index (χ0) is 17.7. The number of halogens is 1. The Morgan fingerprint density at radius 3 is 2.46 bits per heavy atom. The minimum absolute atomic E-state index is 0.0491. The molecule has 0 bridgehead atoms. The van der Waals surface area contributed by atoms with Crippen molar-refractivity contribution in [2.75, 3.05) is 13.7 Å². The Kier molecular flexibility index (Phi) is 5.80. The van der Waals surface area contributed by atoms with E-state index in [0.29, 0.717) is 17.1 Å². The van der Waals surface area contributed by atoms with Crippen LogP contribution in [0.2, 0.25) is 0 Å². The SMILES string of the molecule is COc1ccccc1OC[C@@H](C)NS(=O)(=O)c1ccc(F)cc1C. The fourth-order valence-corrected chi connectivity index (χ4v) is 3.68. The predicted molar refractivity (Wildman–Crippen MR) is 89.4 cm³/mol. The van der Waals surface area contributed by atoms with Crippen molar-refractivity contribution < 1.29 is 22.3 Å². The summed E-state index contributed by atoms with van der Waals surface area (Å²) in [5, 5.41) is 0. The van der Waals surface area contributed by atoms with Gasteiger partial charge < -0.3 is 9.47 Å². The van der Waals surface area contributed by atoms with Gasteiger partial charge in [-0.15, -0.1) is 0 Å². The molecule has 0 aliphatic carbocycles. The third-order valence-corrected chi connectivity index (χ3v) is 5.09. The van der Waals surface area contributed by atoms with E-state index in [1.165, 1.54) is 19.2 Å². The van der Waals surface area contributed by atoms with E-state index in [4.69, 9.17) is 9.47 Å². The molecule has 0 fully saturated rings. The van der Waals surface area contributed by atoms with Gasteiger partial charge in [0.15, 0.2) is 11.5 Å². The van der Waals surface area contributed by atoms with Crippen LogP contribution in [0, 0.1) is 12.7 Å². The lowest BCUT2D eigenvalue weighted by Crippen LogP contribution is -2.37. The molecule has 0 saturated heterocycles. The molecule has 0 aliphatic heterocycles. The summed E-state index contributed by atoms with van der Waals surface area (Å²) in [5.74, 6) is 0.630. The molecule has 24 heavy (non-hydrogen) atoms. The number of nitrogens with one attached hydrogen (secondary N) is 1. The van der Waals surface area contributed by atoms with Crippen LogP contribution < -0.4 is 14.2 Å². The molecule has 0 amide bonds. The van der Waals surface area contributed by atoms with Crippen molar-refractivity contribution >= 4 is 10.0 Å². The molecule has 0 heterocycles. The van der Waals surface area contributed by atoms with Crippen LogP contribution in [-0.4, -0.2) is 28.2 Å². The maximum Gasteiger partial charge on any atom is 0.241 e. The number of methoxy groups -OCH3 is 1. The minimum Gasteiger partial charge on any atom is -0.493 e. The number of para-hydroxylation sites is 2. The normalized spacial score (nSPS) is 12.7. The molecule has 7 heteroatoms. The Hall–Kier alpha value is -2.12. The highest BCUT2D eigenvalue weighted by molar-refractivity contribution is 7.89. The second-order valence-corrected chi connectivity index (χ2v) is 7.08. The molecule has 1 atom stereocenters. The number of aryl methyl sites for hydroxylation is 1. The van der Waals surface area contributed by atoms with Gasteiger partial charge in [-0.25, -0.2) is 17.5 Å². The summed E-state index contributed by atoms with van der Waals surface area (Å²) < 4.78 is 51.2. The lowest BCUT2D eigenvalue weighted by atomic mass is 10.2. The van der Waals surface area contributed by atoms with Crippen LogP contribution in [-0.2, 0) is 10.0 Å². The first-order valence-corrected chi connectivity index (χ1v) is 8.86. The summed E-state index contributed by atoms with van der Waals surface area (Å²) in [7, 11) is -2.22.